The molecular formula is C12H19NO8P2. The first-order valence-electron chi connectivity index (χ1n) is 6.28. The van der Waals surface area contributed by atoms with Gasteiger partial charge in [0.05, 0.1) is 5.56 Å². The van der Waals surface area contributed by atoms with Crippen LogP contribution in [0.1, 0.15) is 10.4 Å². The summed E-state index contributed by atoms with van der Waals surface area (Å²) in [5, 5.41) is 11.6. The first kappa shape index (κ1) is 19.8. The standard InChI is InChI=1S/C12H19NO8P2/c1-18-22(16,19-2)12(23(17,20-3)21-4)13-10-7-5-9(6-8-10)11(14)15/h5-8,12-13H,1-4H3,(H,14,15). The van der Waals surface area contributed by atoms with Gasteiger partial charge in [-0.1, -0.05) is 0 Å². The van der Waals surface area contributed by atoms with Crippen molar-refractivity contribution in [2.24, 2.45) is 0 Å². The van der Waals surface area contributed by atoms with Gasteiger partial charge in [-0.3, -0.25) is 9.13 Å². The number of carbonyl (C=O) groups is 1. The van der Waals surface area contributed by atoms with E-state index in [0.29, 0.717) is 5.69 Å². The maximum atomic E-state index is 12.7. The van der Waals surface area contributed by atoms with Gasteiger partial charge in [-0.25, -0.2) is 4.79 Å². The number of hydrogen-bond acceptors (Lipinski definition) is 8. The van der Waals surface area contributed by atoms with Gasteiger partial charge in [0.25, 0.3) is 0 Å². The molecule has 0 spiro atoms. The van der Waals surface area contributed by atoms with Gasteiger partial charge in [0.2, 0.25) is 5.52 Å². The Morgan fingerprint density at radius 1 is 0.957 bits per heavy atom. The molecule has 0 aromatic heterocycles. The molecule has 0 aliphatic carbocycles. The zero-order chi connectivity index (χ0) is 17.7. The lowest BCUT2D eigenvalue weighted by Crippen LogP contribution is -2.23. The molecule has 1 rings (SSSR count). The van der Waals surface area contributed by atoms with Crippen LogP contribution in [-0.2, 0) is 27.2 Å². The molecule has 9 nitrogen and oxygen atoms in total. The predicted molar refractivity (Wildman–Crippen MR) is 84.1 cm³/mol. The number of carboxylic acid groups (broad SMARTS) is 1. The first-order valence-corrected chi connectivity index (χ1v) is 9.51. The first-order chi connectivity index (χ1) is 10.8. The van der Waals surface area contributed by atoms with Crippen molar-refractivity contribution in [3.8, 4) is 0 Å². The minimum absolute atomic E-state index is 0.0652. The van der Waals surface area contributed by atoms with Gasteiger partial charge in [-0.15, -0.1) is 0 Å². The van der Waals surface area contributed by atoms with Crippen molar-refractivity contribution < 1.29 is 37.1 Å². The van der Waals surface area contributed by atoms with Gasteiger partial charge in [0.15, 0.2) is 0 Å². The van der Waals surface area contributed by atoms with Gasteiger partial charge in [-0.05, 0) is 24.3 Å². The van der Waals surface area contributed by atoms with Crippen molar-refractivity contribution in [2.75, 3.05) is 33.8 Å². The highest BCUT2D eigenvalue weighted by Gasteiger charge is 2.49. The van der Waals surface area contributed by atoms with E-state index in [1.165, 1.54) is 24.3 Å². The summed E-state index contributed by atoms with van der Waals surface area (Å²) in [5.41, 5.74) is -1.03. The lowest BCUT2D eigenvalue weighted by atomic mass is 10.2. The summed E-state index contributed by atoms with van der Waals surface area (Å²) in [6, 6.07) is 5.50. The molecular weight excluding hydrogens is 348 g/mol. The van der Waals surface area contributed by atoms with E-state index in [9.17, 15) is 13.9 Å². The fourth-order valence-electron chi connectivity index (χ4n) is 1.74. The molecule has 0 aliphatic heterocycles. The second-order valence-corrected chi connectivity index (χ2v) is 9.27. The lowest BCUT2D eigenvalue weighted by molar-refractivity contribution is 0.0697. The average molecular weight is 367 g/mol. The number of nitrogens with one attached hydrogen (secondary N) is 1. The Morgan fingerprint density at radius 3 is 1.65 bits per heavy atom. The van der Waals surface area contributed by atoms with Gasteiger partial charge in [0.1, 0.15) is 0 Å². The highest BCUT2D eigenvalue weighted by molar-refractivity contribution is 7.72. The monoisotopic (exact) mass is 367 g/mol. The molecule has 0 amide bonds. The van der Waals surface area contributed by atoms with Crippen LogP contribution in [0, 0.1) is 0 Å². The maximum Gasteiger partial charge on any atom is 0.364 e. The van der Waals surface area contributed by atoms with Crippen molar-refractivity contribution in [1.29, 1.82) is 0 Å². The maximum absolute atomic E-state index is 12.7. The molecule has 1 aromatic carbocycles. The summed E-state index contributed by atoms with van der Waals surface area (Å²) in [4.78, 5) is 10.8. The Balaban J connectivity index is 3.23. The zero-order valence-electron chi connectivity index (χ0n) is 13.1. The van der Waals surface area contributed by atoms with E-state index >= 15 is 0 Å². The molecule has 0 fully saturated rings. The molecule has 0 saturated heterocycles. The minimum Gasteiger partial charge on any atom is -0.478 e. The fourth-order valence-corrected chi connectivity index (χ4v) is 5.97. The number of benzene rings is 1. The molecule has 0 atom stereocenters. The number of anilines is 1. The van der Waals surface area contributed by atoms with E-state index in [0.717, 1.165) is 28.4 Å². The topological polar surface area (TPSA) is 120 Å². The van der Waals surface area contributed by atoms with Crippen molar-refractivity contribution in [2.45, 2.75) is 5.52 Å². The van der Waals surface area contributed by atoms with Gasteiger partial charge < -0.3 is 28.5 Å². The van der Waals surface area contributed by atoms with E-state index < -0.39 is 26.7 Å². The zero-order valence-corrected chi connectivity index (χ0v) is 14.9. The second-order valence-electron chi connectivity index (χ2n) is 4.21. The molecule has 11 heteroatoms. The van der Waals surface area contributed by atoms with Crippen LogP contribution in [-0.4, -0.2) is 45.0 Å². The number of aromatic carboxylic acids is 1. The van der Waals surface area contributed by atoms with Gasteiger partial charge in [0, 0.05) is 34.1 Å². The van der Waals surface area contributed by atoms with Crippen LogP contribution in [0.4, 0.5) is 5.69 Å². The van der Waals surface area contributed by atoms with Gasteiger partial charge in [-0.2, -0.15) is 0 Å². The lowest BCUT2D eigenvalue weighted by Gasteiger charge is -2.30. The minimum atomic E-state index is -3.88. The van der Waals surface area contributed by atoms with Crippen molar-refractivity contribution >= 4 is 26.8 Å². The van der Waals surface area contributed by atoms with E-state index in [1.54, 1.807) is 0 Å². The van der Waals surface area contributed by atoms with E-state index in [1.807, 2.05) is 0 Å². The largest absolute Gasteiger partial charge is 0.478 e. The van der Waals surface area contributed by atoms with Gasteiger partial charge >= 0.3 is 21.2 Å². The van der Waals surface area contributed by atoms with E-state index in [2.05, 4.69) is 5.32 Å². The quantitative estimate of drug-likeness (QED) is 0.634. The second kappa shape index (κ2) is 8.06. The number of rotatable bonds is 9. The third kappa shape index (κ3) is 4.41. The van der Waals surface area contributed by atoms with E-state index in [4.69, 9.17) is 23.2 Å². The molecule has 2 N–H and O–H groups in total. The molecule has 130 valence electrons. The van der Waals surface area contributed by atoms with Crippen LogP contribution in [0.2, 0.25) is 0 Å². The van der Waals surface area contributed by atoms with Crippen LogP contribution in [0.15, 0.2) is 24.3 Å². The molecule has 1 aromatic rings. The summed E-state index contributed by atoms with van der Waals surface area (Å²) in [6.45, 7) is 0. The third-order valence-corrected chi connectivity index (χ3v) is 8.23. The summed E-state index contributed by atoms with van der Waals surface area (Å²) < 4.78 is 44.8. The SMILES string of the molecule is COP(=O)(OC)C(Nc1ccc(C(=O)O)cc1)P(=O)(OC)OC. The van der Waals surface area contributed by atoms with Crippen LogP contribution >= 0.6 is 15.2 Å². The number of hydrogen-bond donors (Lipinski definition) is 2. The smallest absolute Gasteiger partial charge is 0.364 e. The fraction of sp³-hybridized carbons (Fsp3) is 0.417. The molecule has 0 bridgehead atoms. The highest BCUT2D eigenvalue weighted by Crippen LogP contribution is 2.68. The van der Waals surface area contributed by atoms with Crippen molar-refractivity contribution in [1.82, 2.24) is 0 Å². The summed E-state index contributed by atoms with van der Waals surface area (Å²) in [7, 11) is -3.20. The normalized spacial score (nSPS) is 12.4. The van der Waals surface area contributed by atoms with Crippen LogP contribution < -0.4 is 5.32 Å². The molecule has 0 aliphatic rings. The molecule has 0 radical (unpaired) electrons. The van der Waals surface area contributed by atoms with Crippen LogP contribution in [0.25, 0.3) is 0 Å². The van der Waals surface area contributed by atoms with Crippen molar-refractivity contribution in [3.05, 3.63) is 29.8 Å². The Kier molecular flexibility index (Phi) is 6.95. The van der Waals surface area contributed by atoms with Crippen LogP contribution in [0.5, 0.6) is 0 Å². The highest BCUT2D eigenvalue weighted by atomic mass is 31.2. The van der Waals surface area contributed by atoms with E-state index in [-0.39, 0.29) is 5.56 Å². The summed E-state index contributed by atoms with van der Waals surface area (Å²) >= 11 is 0. The third-order valence-electron chi connectivity index (χ3n) is 3.04. The molecule has 0 saturated carbocycles. The molecule has 0 heterocycles. The summed E-state index contributed by atoms with van der Waals surface area (Å²) in [5.74, 6) is -1.09. The predicted octanol–water partition coefficient (Wildman–Crippen LogP) is 3.05. The van der Waals surface area contributed by atoms with Crippen LogP contribution in [0.3, 0.4) is 0 Å². The summed E-state index contributed by atoms with van der Waals surface area (Å²) in [6.07, 6.45) is 0. The Morgan fingerprint density at radius 2 is 1.35 bits per heavy atom. The molecule has 0 unspecified atom stereocenters. The van der Waals surface area contributed by atoms with Crippen molar-refractivity contribution in [3.63, 3.8) is 0 Å². The number of carboxylic acids is 1. The molecule has 23 heavy (non-hydrogen) atoms. The Hall–Kier alpha value is -1.21. The Bertz CT molecular complexity index is 590. The average Bonchev–Trinajstić information content (AvgIpc) is 2.58. The Labute approximate surface area is 134 Å².